The van der Waals surface area contributed by atoms with Crippen molar-refractivity contribution in [1.82, 2.24) is 29.2 Å². The number of piperazine rings is 1. The van der Waals surface area contributed by atoms with Gasteiger partial charge in [0.2, 0.25) is 27.6 Å². The Balaban J connectivity index is 1.28. The van der Waals surface area contributed by atoms with Gasteiger partial charge >= 0.3 is 0 Å². The van der Waals surface area contributed by atoms with Crippen molar-refractivity contribution in [1.29, 1.82) is 0 Å². The van der Waals surface area contributed by atoms with Crippen LogP contribution in [0.5, 0.6) is 0 Å². The number of hydrogen-bond donors (Lipinski definition) is 0. The van der Waals surface area contributed by atoms with Crippen molar-refractivity contribution in [2.45, 2.75) is 11.4 Å². The fourth-order valence-corrected chi connectivity index (χ4v) is 4.65. The summed E-state index contributed by atoms with van der Waals surface area (Å²) in [6.07, 6.45) is 2.77. The molecule has 2 aromatic heterocycles. The molecule has 0 N–H and O–H groups in total. The van der Waals surface area contributed by atoms with Crippen LogP contribution in [0, 0.1) is 0 Å². The van der Waals surface area contributed by atoms with Crippen molar-refractivity contribution >= 4 is 27.5 Å². The van der Waals surface area contributed by atoms with E-state index in [9.17, 15) is 13.2 Å². The Kier molecular flexibility index (Phi) is 7.03. The number of amides is 1. The molecule has 3 heterocycles. The molecule has 10 nitrogen and oxygen atoms in total. The minimum atomic E-state index is -3.77. The van der Waals surface area contributed by atoms with Gasteiger partial charge in [-0.2, -0.15) is 9.29 Å². The zero-order chi connectivity index (χ0) is 23.4. The molecule has 1 aliphatic rings. The average Bonchev–Trinajstić information content (AvgIpc) is 3.29. The van der Waals surface area contributed by atoms with Crippen LogP contribution in [0.15, 0.2) is 58.2 Å². The summed E-state index contributed by atoms with van der Waals surface area (Å²) in [5.74, 6) is 0.739. The van der Waals surface area contributed by atoms with Gasteiger partial charge in [0.15, 0.2) is 0 Å². The third-order valence-electron chi connectivity index (χ3n) is 5.35. The summed E-state index contributed by atoms with van der Waals surface area (Å²) in [5, 5.41) is 4.65. The van der Waals surface area contributed by atoms with Gasteiger partial charge < -0.3 is 9.42 Å². The van der Waals surface area contributed by atoms with E-state index in [1.165, 1.54) is 25.5 Å². The number of benzene rings is 1. The highest BCUT2D eigenvalue weighted by atomic mass is 35.5. The van der Waals surface area contributed by atoms with E-state index < -0.39 is 10.0 Å². The second kappa shape index (κ2) is 9.96. The summed E-state index contributed by atoms with van der Waals surface area (Å²) in [7, 11) is -2.38. The number of nitrogens with zero attached hydrogens (tertiary/aromatic N) is 6. The van der Waals surface area contributed by atoms with Gasteiger partial charge in [-0.3, -0.25) is 14.7 Å². The summed E-state index contributed by atoms with van der Waals surface area (Å²) < 4.78 is 31.6. The molecule has 0 radical (unpaired) electrons. The minimum absolute atomic E-state index is 0.0580. The molecular formula is C21H23ClN6O4S. The number of halogens is 1. The maximum atomic E-state index is 12.7. The van der Waals surface area contributed by atoms with E-state index in [1.54, 1.807) is 23.1 Å². The number of rotatable bonds is 7. The first-order valence-corrected chi connectivity index (χ1v) is 12.1. The highest BCUT2D eigenvalue weighted by Crippen LogP contribution is 2.19. The molecule has 1 aromatic carbocycles. The molecule has 1 amide bonds. The van der Waals surface area contributed by atoms with Crippen molar-refractivity contribution in [3.8, 4) is 11.4 Å². The van der Waals surface area contributed by atoms with E-state index in [4.69, 9.17) is 16.1 Å². The molecule has 1 fully saturated rings. The number of carbonyl (C=O) groups is 1. The second-order valence-electron chi connectivity index (χ2n) is 7.63. The number of hydrogen-bond acceptors (Lipinski definition) is 8. The number of aromatic nitrogens is 3. The van der Waals surface area contributed by atoms with Crippen LogP contribution < -0.4 is 0 Å². The van der Waals surface area contributed by atoms with Crippen LogP contribution in [0.2, 0.25) is 5.02 Å². The third kappa shape index (κ3) is 5.56. The number of likely N-dealkylation sites (N-methyl/N-ethyl adjacent to an activating group) is 1. The lowest BCUT2D eigenvalue weighted by Crippen LogP contribution is -2.51. The molecule has 0 bridgehead atoms. The van der Waals surface area contributed by atoms with Gasteiger partial charge in [-0.1, -0.05) is 16.8 Å². The van der Waals surface area contributed by atoms with Gasteiger partial charge in [0, 0.05) is 56.2 Å². The molecule has 174 valence electrons. The highest BCUT2D eigenvalue weighted by Gasteiger charge is 2.27. The Morgan fingerprint density at radius 1 is 1.15 bits per heavy atom. The number of pyridine rings is 1. The molecule has 1 aliphatic heterocycles. The van der Waals surface area contributed by atoms with E-state index in [1.807, 2.05) is 12.1 Å². The lowest BCUT2D eigenvalue weighted by molar-refractivity contribution is -0.133. The van der Waals surface area contributed by atoms with Gasteiger partial charge in [-0.05, 0) is 36.4 Å². The van der Waals surface area contributed by atoms with Gasteiger partial charge in [-0.15, -0.1) is 0 Å². The van der Waals surface area contributed by atoms with Crippen LogP contribution in [0.3, 0.4) is 0 Å². The normalized spacial score (nSPS) is 15.2. The summed E-state index contributed by atoms with van der Waals surface area (Å²) in [6.45, 7) is 2.44. The molecule has 0 atom stereocenters. The standard InChI is InChI=1S/C21H23ClN6O4S/c1-26(33(30,31)18-3-2-8-23-13-18)15-20(29)28-11-9-27(10-12-28)14-19-24-21(25-32-19)16-4-6-17(22)7-5-16/h2-8,13H,9-12,14-15H2,1H3. The first-order valence-electron chi connectivity index (χ1n) is 10.3. The summed E-state index contributed by atoms with van der Waals surface area (Å²) in [6, 6.07) is 10.2. The Hall–Kier alpha value is -2.86. The van der Waals surface area contributed by atoms with Crippen LogP contribution in [-0.2, 0) is 21.4 Å². The topological polar surface area (TPSA) is 113 Å². The van der Waals surface area contributed by atoms with Crippen molar-refractivity contribution in [2.24, 2.45) is 0 Å². The van der Waals surface area contributed by atoms with Crippen LogP contribution in [0.4, 0.5) is 0 Å². The third-order valence-corrected chi connectivity index (χ3v) is 7.39. The first-order chi connectivity index (χ1) is 15.8. The number of carbonyl (C=O) groups excluding carboxylic acids is 1. The zero-order valence-corrected chi connectivity index (χ0v) is 19.5. The fourth-order valence-electron chi connectivity index (χ4n) is 3.44. The number of sulfonamides is 1. The van der Waals surface area contributed by atoms with E-state index in [-0.39, 0.29) is 17.3 Å². The lowest BCUT2D eigenvalue weighted by Gasteiger charge is -2.34. The minimum Gasteiger partial charge on any atom is -0.339 e. The summed E-state index contributed by atoms with van der Waals surface area (Å²) in [4.78, 5) is 24.8. The van der Waals surface area contributed by atoms with Crippen LogP contribution in [0.1, 0.15) is 5.89 Å². The van der Waals surface area contributed by atoms with E-state index >= 15 is 0 Å². The smallest absolute Gasteiger partial charge is 0.244 e. The summed E-state index contributed by atoms with van der Waals surface area (Å²) >= 11 is 5.91. The van der Waals surface area contributed by atoms with E-state index in [0.717, 1.165) is 9.87 Å². The van der Waals surface area contributed by atoms with Crippen molar-refractivity contribution in [2.75, 3.05) is 39.8 Å². The van der Waals surface area contributed by atoms with Gasteiger partial charge in [-0.25, -0.2) is 8.42 Å². The molecule has 33 heavy (non-hydrogen) atoms. The van der Waals surface area contributed by atoms with Crippen LogP contribution in [-0.4, -0.2) is 83.3 Å². The zero-order valence-electron chi connectivity index (χ0n) is 18.0. The van der Waals surface area contributed by atoms with E-state index in [0.29, 0.717) is 49.5 Å². The predicted molar refractivity (Wildman–Crippen MR) is 121 cm³/mol. The molecule has 4 rings (SSSR count). The van der Waals surface area contributed by atoms with Crippen molar-refractivity contribution in [3.63, 3.8) is 0 Å². The molecule has 3 aromatic rings. The lowest BCUT2D eigenvalue weighted by atomic mass is 10.2. The van der Waals surface area contributed by atoms with Crippen molar-refractivity contribution < 1.29 is 17.7 Å². The monoisotopic (exact) mass is 490 g/mol. The van der Waals surface area contributed by atoms with E-state index in [2.05, 4.69) is 20.0 Å². The van der Waals surface area contributed by atoms with Gasteiger partial charge in [0.25, 0.3) is 0 Å². The molecule has 12 heteroatoms. The highest BCUT2D eigenvalue weighted by molar-refractivity contribution is 7.89. The summed E-state index contributed by atoms with van der Waals surface area (Å²) in [5.41, 5.74) is 0.815. The predicted octanol–water partition coefficient (Wildman–Crippen LogP) is 1.75. The largest absolute Gasteiger partial charge is 0.339 e. The molecule has 1 saturated heterocycles. The molecule has 0 aliphatic carbocycles. The molecular weight excluding hydrogens is 468 g/mol. The maximum Gasteiger partial charge on any atom is 0.244 e. The second-order valence-corrected chi connectivity index (χ2v) is 10.1. The molecule has 0 saturated carbocycles. The average molecular weight is 491 g/mol. The van der Waals surface area contributed by atoms with Crippen LogP contribution >= 0.6 is 11.6 Å². The van der Waals surface area contributed by atoms with Gasteiger partial charge in [0.1, 0.15) is 4.90 Å². The SMILES string of the molecule is CN(CC(=O)N1CCN(Cc2nc(-c3ccc(Cl)cc3)no2)CC1)S(=O)(=O)c1cccnc1. The Labute approximate surface area is 196 Å². The molecule has 0 spiro atoms. The maximum absolute atomic E-state index is 12.7. The van der Waals surface area contributed by atoms with Crippen LogP contribution in [0.25, 0.3) is 11.4 Å². The van der Waals surface area contributed by atoms with Gasteiger partial charge in [0.05, 0.1) is 13.1 Å². The Bertz CT molecular complexity index is 1200. The molecule has 0 unspecified atom stereocenters. The Morgan fingerprint density at radius 3 is 2.55 bits per heavy atom. The fraction of sp³-hybridized carbons (Fsp3) is 0.333. The first kappa shape index (κ1) is 23.3. The Morgan fingerprint density at radius 2 is 1.88 bits per heavy atom. The quantitative estimate of drug-likeness (QED) is 0.492. The van der Waals surface area contributed by atoms with Crippen molar-refractivity contribution in [3.05, 3.63) is 59.7 Å².